The van der Waals surface area contributed by atoms with E-state index in [0.717, 1.165) is 103 Å². The molecular formula is C63H76N8O6. The molecule has 2 unspecified atom stereocenters. The number of ether oxygens (including phenoxy) is 2. The van der Waals surface area contributed by atoms with Crippen LogP contribution in [0, 0.1) is 17.3 Å². The Bertz CT molecular complexity index is 3090. The van der Waals surface area contributed by atoms with E-state index in [9.17, 15) is 19.5 Å². The van der Waals surface area contributed by atoms with Gasteiger partial charge in [-0.25, -0.2) is 19.6 Å². The van der Waals surface area contributed by atoms with E-state index in [0.29, 0.717) is 24.6 Å². The average molecular weight is 1040 g/mol. The Labute approximate surface area is 453 Å². The zero-order valence-corrected chi connectivity index (χ0v) is 45.7. The van der Waals surface area contributed by atoms with Crippen molar-refractivity contribution < 1.29 is 29.0 Å². The van der Waals surface area contributed by atoms with Crippen molar-refractivity contribution >= 4 is 40.8 Å². The number of carbonyl (C=O) groups is 3. The molecule has 6 aromatic rings. The number of allylic oxidation sites excluding steroid dienone is 5. The second-order valence-corrected chi connectivity index (χ2v) is 21.7. The van der Waals surface area contributed by atoms with Gasteiger partial charge in [-0.1, -0.05) is 133 Å². The van der Waals surface area contributed by atoms with Gasteiger partial charge in [-0.15, -0.1) is 0 Å². The van der Waals surface area contributed by atoms with E-state index < -0.39 is 30.5 Å². The Kier molecular flexibility index (Phi) is 17.2. The largest absolute Gasteiger partial charge is 0.413 e. The molecule has 14 heteroatoms. The van der Waals surface area contributed by atoms with E-state index in [1.165, 1.54) is 16.7 Å². The third-order valence-corrected chi connectivity index (χ3v) is 15.9. The minimum atomic E-state index is -0.949. The molecule has 0 spiro atoms. The number of para-hydroxylation sites is 2. The fourth-order valence-electron chi connectivity index (χ4n) is 12.0. The first-order valence-corrected chi connectivity index (χ1v) is 27.8. The molecule has 1 aliphatic carbocycles. The van der Waals surface area contributed by atoms with Gasteiger partial charge in [-0.2, -0.15) is 0 Å². The van der Waals surface area contributed by atoms with Gasteiger partial charge in [0.1, 0.15) is 35.4 Å². The number of hydrogen-bond acceptors (Lipinski definition) is 9. The number of hydrogen-bond donors (Lipinski definition) is 5. The topological polar surface area (TPSA) is 178 Å². The number of aromatic nitrogens is 4. The summed E-state index contributed by atoms with van der Waals surface area (Å²) < 4.78 is 11.0. The Morgan fingerprint density at radius 2 is 1.49 bits per heavy atom. The SMILES string of the molecule is C\C=C/C(=C1\C(=C\c2ccc3nc([C@@H]4CCCN4C(O)[C@@H](NC(=O)Oc4ccccc4)C(C)C)[nH]c3c2)CCC1(CC)CCC)c1ccc(-c2cnc([C@@H]3CCCN3C(=O)[C@@H](NC(=O)Oc3ccccc3)C(C)C)[nH]2)cc1. The monoisotopic (exact) mass is 1040 g/mol. The zero-order chi connectivity index (χ0) is 54.2. The van der Waals surface area contributed by atoms with Crippen molar-refractivity contribution in [1.82, 2.24) is 40.4 Å². The maximum absolute atomic E-state index is 14.1. The van der Waals surface area contributed by atoms with E-state index in [1.54, 1.807) is 36.4 Å². The Balaban J connectivity index is 0.941. The van der Waals surface area contributed by atoms with Crippen LogP contribution in [0.15, 0.2) is 133 Å². The van der Waals surface area contributed by atoms with Crippen LogP contribution in [0.4, 0.5) is 9.59 Å². The van der Waals surface area contributed by atoms with Crippen LogP contribution in [0.5, 0.6) is 11.5 Å². The minimum Gasteiger partial charge on any atom is -0.410 e. The number of aliphatic hydroxyl groups excluding tert-OH is 1. The van der Waals surface area contributed by atoms with Crippen molar-refractivity contribution in [1.29, 1.82) is 0 Å². The van der Waals surface area contributed by atoms with Crippen LogP contribution in [0.2, 0.25) is 0 Å². The molecule has 6 atom stereocenters. The van der Waals surface area contributed by atoms with Crippen LogP contribution in [-0.4, -0.2) is 84.3 Å². The molecule has 0 bridgehead atoms. The lowest BCUT2D eigenvalue weighted by Gasteiger charge is -2.35. The lowest BCUT2D eigenvalue weighted by Crippen LogP contribution is -2.54. The van der Waals surface area contributed by atoms with Crippen LogP contribution < -0.4 is 20.1 Å². The van der Waals surface area contributed by atoms with Gasteiger partial charge in [-0.05, 0) is 145 Å². The van der Waals surface area contributed by atoms with Gasteiger partial charge in [0, 0.05) is 13.1 Å². The first-order chi connectivity index (χ1) is 37.3. The molecule has 2 saturated heterocycles. The predicted molar refractivity (Wildman–Crippen MR) is 304 cm³/mol. The van der Waals surface area contributed by atoms with E-state index >= 15 is 0 Å². The van der Waals surface area contributed by atoms with E-state index in [-0.39, 0.29) is 35.2 Å². The minimum absolute atomic E-state index is 0.0162. The predicted octanol–water partition coefficient (Wildman–Crippen LogP) is 13.1. The standard InChI is InChI=1S/C63H76N8O6/c1-8-19-48(43-27-29-44(30-28-43)51-39-64-57(67-51)52-24-17-35-70(52)59(72)55(40(4)5)68-61(74)76-46-20-13-11-14-21-46)54-45(32-34-63(54,10-3)33-9-2)37-42-26-31-49-50(38-42)66-58(65-49)53-25-18-36-71(53)60(73)56(41(6)7)69-62(75)77-47-22-15-12-16-23-47/h8,11-16,19-23,26-31,37-41,52-53,55-56,60,73H,9-10,17-18,24-25,32-36H2,1-7H3,(H,64,67)(H,65,66)(H,68,74)(H,69,75)/b19-8-,45-37+,54-48-/t52-,53-,55-,56-,60?,63?/m0/s1. The highest BCUT2D eigenvalue weighted by Gasteiger charge is 2.42. The summed E-state index contributed by atoms with van der Waals surface area (Å²) >= 11 is 0. The van der Waals surface area contributed by atoms with Gasteiger partial charge in [-0.3, -0.25) is 9.69 Å². The lowest BCUT2D eigenvalue weighted by molar-refractivity contribution is -0.135. The molecule has 4 aromatic carbocycles. The summed E-state index contributed by atoms with van der Waals surface area (Å²) in [6.45, 7) is 15.8. The number of carbonyl (C=O) groups excluding carboxylic acids is 3. The highest BCUT2D eigenvalue weighted by molar-refractivity contribution is 5.88. The number of imidazole rings is 2. The number of fused-ring (bicyclic) bond motifs is 1. The highest BCUT2D eigenvalue weighted by Crippen LogP contribution is 2.55. The summed E-state index contributed by atoms with van der Waals surface area (Å²) in [4.78, 5) is 61.1. The number of nitrogens with zero attached hydrogens (tertiary/aromatic N) is 4. The molecule has 3 aliphatic rings. The molecule has 14 nitrogen and oxygen atoms in total. The molecule has 2 aliphatic heterocycles. The summed E-state index contributed by atoms with van der Waals surface area (Å²) in [5.74, 6) is 2.01. The number of aromatic amines is 2. The molecule has 4 heterocycles. The maximum Gasteiger partial charge on any atom is 0.413 e. The second-order valence-electron chi connectivity index (χ2n) is 21.7. The van der Waals surface area contributed by atoms with Gasteiger partial charge in [0.2, 0.25) is 5.91 Å². The van der Waals surface area contributed by atoms with Crippen LogP contribution >= 0.6 is 0 Å². The smallest absolute Gasteiger partial charge is 0.410 e. The number of aliphatic hydroxyl groups is 1. The molecule has 5 N–H and O–H groups in total. The molecule has 9 rings (SSSR count). The summed E-state index contributed by atoms with van der Waals surface area (Å²) in [5, 5.41) is 17.6. The van der Waals surface area contributed by atoms with E-state index in [2.05, 4.69) is 107 Å². The molecule has 2 aromatic heterocycles. The van der Waals surface area contributed by atoms with Crippen molar-refractivity contribution in [2.24, 2.45) is 17.3 Å². The van der Waals surface area contributed by atoms with Gasteiger partial charge < -0.3 is 40.1 Å². The first-order valence-electron chi connectivity index (χ1n) is 27.8. The molecule has 0 radical (unpaired) electrons. The molecule has 404 valence electrons. The number of H-pyrrole nitrogens is 2. The van der Waals surface area contributed by atoms with Crippen molar-refractivity contribution in [2.45, 2.75) is 137 Å². The Morgan fingerprint density at radius 3 is 2.14 bits per heavy atom. The molecule has 3 amide bonds. The van der Waals surface area contributed by atoms with Crippen molar-refractivity contribution in [3.8, 4) is 22.8 Å². The van der Waals surface area contributed by atoms with Gasteiger partial charge in [0.25, 0.3) is 0 Å². The Morgan fingerprint density at radius 1 is 0.818 bits per heavy atom. The summed E-state index contributed by atoms with van der Waals surface area (Å²) in [6.07, 6.45) is 15.0. The molecular weight excluding hydrogens is 965 g/mol. The highest BCUT2D eigenvalue weighted by atomic mass is 16.6. The van der Waals surface area contributed by atoms with Gasteiger partial charge in [0.05, 0.1) is 41.0 Å². The zero-order valence-electron chi connectivity index (χ0n) is 45.7. The van der Waals surface area contributed by atoms with E-state index in [1.807, 2.05) is 63.1 Å². The van der Waals surface area contributed by atoms with E-state index in [4.69, 9.17) is 19.4 Å². The molecule has 3 fully saturated rings. The lowest BCUT2D eigenvalue weighted by atomic mass is 9.72. The number of nitrogens with one attached hydrogen (secondary N) is 4. The normalized spacial score (nSPS) is 21.3. The van der Waals surface area contributed by atoms with Crippen LogP contribution in [0.25, 0.3) is 33.9 Å². The van der Waals surface area contributed by atoms with Crippen molar-refractivity contribution in [3.05, 3.63) is 155 Å². The number of likely N-dealkylation sites (tertiary alicyclic amines) is 2. The van der Waals surface area contributed by atoms with Gasteiger partial charge in [0.15, 0.2) is 0 Å². The van der Waals surface area contributed by atoms with Crippen LogP contribution in [-0.2, 0) is 4.79 Å². The quantitative estimate of drug-likeness (QED) is 0.0560. The average Bonchev–Trinajstić information content (AvgIpc) is 4.33. The fourth-order valence-corrected chi connectivity index (χ4v) is 12.0. The molecule has 1 saturated carbocycles. The fraction of sp³-hybridized carbons (Fsp3) is 0.413. The summed E-state index contributed by atoms with van der Waals surface area (Å²) in [7, 11) is 0. The Hall–Kier alpha value is -7.29. The number of amides is 3. The van der Waals surface area contributed by atoms with Gasteiger partial charge >= 0.3 is 12.2 Å². The first kappa shape index (κ1) is 54.5. The maximum atomic E-state index is 14.1. The second kappa shape index (κ2) is 24.4. The number of rotatable bonds is 18. The van der Waals surface area contributed by atoms with Crippen LogP contribution in [0.1, 0.15) is 141 Å². The number of benzene rings is 4. The molecule has 77 heavy (non-hydrogen) atoms. The summed E-state index contributed by atoms with van der Waals surface area (Å²) in [6, 6.07) is 31.3. The van der Waals surface area contributed by atoms with Crippen molar-refractivity contribution in [2.75, 3.05) is 13.1 Å². The third-order valence-electron chi connectivity index (χ3n) is 15.9. The third kappa shape index (κ3) is 12.1. The van der Waals surface area contributed by atoms with Crippen LogP contribution in [0.3, 0.4) is 0 Å². The summed E-state index contributed by atoms with van der Waals surface area (Å²) in [5.41, 5.74) is 9.93. The van der Waals surface area contributed by atoms with Crippen molar-refractivity contribution in [3.63, 3.8) is 0 Å².